The summed E-state index contributed by atoms with van der Waals surface area (Å²) >= 11 is 0. The van der Waals surface area contributed by atoms with Crippen LogP contribution in [0.4, 0.5) is 5.69 Å². The monoisotopic (exact) mass is 515 g/mol. The lowest BCUT2D eigenvalue weighted by Crippen LogP contribution is -2.49. The van der Waals surface area contributed by atoms with Crippen LogP contribution < -0.4 is 15.5 Å². The van der Waals surface area contributed by atoms with Crippen LogP contribution in [0.3, 0.4) is 0 Å². The molecule has 9 nitrogen and oxygen atoms in total. The molecule has 2 aromatic rings. The third kappa shape index (κ3) is 11.3. The second kappa shape index (κ2) is 17.5. The van der Waals surface area contributed by atoms with E-state index in [1.54, 1.807) is 0 Å². The van der Waals surface area contributed by atoms with Gasteiger partial charge < -0.3 is 15.5 Å². The number of unbranched alkanes of at least 4 members (excludes halogenated alkanes) is 2. The SMILES string of the molecule is CCCCCNC(=O)C(Cc1ccc(N(CCOO)CCOO)cc1)NC(=O)C(C)Cc1ccccc1. The van der Waals surface area contributed by atoms with Crippen molar-refractivity contribution >= 4 is 17.5 Å². The van der Waals surface area contributed by atoms with E-state index >= 15 is 0 Å². The van der Waals surface area contributed by atoms with Gasteiger partial charge in [0.15, 0.2) is 0 Å². The number of rotatable bonds is 18. The average Bonchev–Trinajstić information content (AvgIpc) is 2.91. The predicted molar refractivity (Wildman–Crippen MR) is 143 cm³/mol. The molecule has 0 spiro atoms. The number of amides is 2. The number of hydrogen-bond acceptors (Lipinski definition) is 7. The van der Waals surface area contributed by atoms with E-state index in [1.807, 2.05) is 66.4 Å². The molecule has 0 heterocycles. The summed E-state index contributed by atoms with van der Waals surface area (Å²) in [7, 11) is 0. The Morgan fingerprint density at radius 1 is 0.865 bits per heavy atom. The summed E-state index contributed by atoms with van der Waals surface area (Å²) in [5.41, 5.74) is 2.81. The molecule has 0 bridgehead atoms. The van der Waals surface area contributed by atoms with Crippen molar-refractivity contribution in [2.24, 2.45) is 5.92 Å². The van der Waals surface area contributed by atoms with E-state index in [1.165, 1.54) is 0 Å². The number of nitrogens with one attached hydrogen (secondary N) is 2. The van der Waals surface area contributed by atoms with Gasteiger partial charge in [0.05, 0.1) is 13.2 Å². The first kappa shape index (κ1) is 30.2. The molecule has 0 aliphatic heterocycles. The molecule has 0 saturated heterocycles. The number of carbonyl (C=O) groups excluding carboxylic acids is 2. The Balaban J connectivity index is 2.09. The number of carbonyl (C=O) groups is 2. The molecule has 2 atom stereocenters. The Morgan fingerprint density at radius 3 is 2.08 bits per heavy atom. The summed E-state index contributed by atoms with van der Waals surface area (Å²) in [6.07, 6.45) is 3.94. The molecule has 37 heavy (non-hydrogen) atoms. The molecule has 204 valence electrons. The summed E-state index contributed by atoms with van der Waals surface area (Å²) in [6.45, 7) is 5.55. The van der Waals surface area contributed by atoms with Crippen LogP contribution in [-0.2, 0) is 32.2 Å². The Kier molecular flexibility index (Phi) is 14.3. The Bertz CT molecular complexity index is 902. The molecule has 0 aliphatic carbocycles. The van der Waals surface area contributed by atoms with E-state index in [0.29, 0.717) is 32.5 Å². The molecular formula is C28H41N3O6. The average molecular weight is 516 g/mol. The zero-order chi connectivity index (χ0) is 26.9. The number of hydrogen-bond donors (Lipinski definition) is 4. The van der Waals surface area contributed by atoms with Gasteiger partial charge in [0.1, 0.15) is 6.04 Å². The molecule has 4 N–H and O–H groups in total. The fourth-order valence-electron chi connectivity index (χ4n) is 4.04. The Hall–Kier alpha value is -2.98. The van der Waals surface area contributed by atoms with Crippen LogP contribution in [0.2, 0.25) is 0 Å². The van der Waals surface area contributed by atoms with Crippen molar-refractivity contribution in [1.82, 2.24) is 10.6 Å². The highest BCUT2D eigenvalue weighted by atomic mass is 17.1. The van der Waals surface area contributed by atoms with Crippen LogP contribution in [0.5, 0.6) is 0 Å². The topological polar surface area (TPSA) is 120 Å². The van der Waals surface area contributed by atoms with Crippen LogP contribution in [0.15, 0.2) is 54.6 Å². The van der Waals surface area contributed by atoms with Crippen molar-refractivity contribution in [3.8, 4) is 0 Å². The van der Waals surface area contributed by atoms with Crippen molar-refractivity contribution in [2.45, 2.75) is 52.0 Å². The van der Waals surface area contributed by atoms with Gasteiger partial charge in [-0.3, -0.25) is 20.1 Å². The van der Waals surface area contributed by atoms with Gasteiger partial charge in [-0.2, -0.15) is 0 Å². The minimum absolute atomic E-state index is 0.0979. The fourth-order valence-corrected chi connectivity index (χ4v) is 4.04. The third-order valence-corrected chi connectivity index (χ3v) is 6.19. The first-order valence-electron chi connectivity index (χ1n) is 13.0. The van der Waals surface area contributed by atoms with Crippen LogP contribution in [0, 0.1) is 5.92 Å². The standard InChI is InChI=1S/C28H41N3O6/c1-3-4-8-15-29-28(33)26(30-27(32)22(2)20-23-9-6-5-7-10-23)21-24-11-13-25(14-12-24)31(16-18-36-34)17-19-37-35/h5-7,9-14,22,26,34-35H,3-4,8,15-21H2,1-2H3,(H,29,33)(H,30,32). The molecule has 2 unspecified atom stereocenters. The second-order valence-corrected chi connectivity index (χ2v) is 9.17. The Labute approximate surface area is 219 Å². The molecule has 0 radical (unpaired) electrons. The lowest BCUT2D eigenvalue weighted by Gasteiger charge is -2.24. The molecule has 2 rings (SSSR count). The predicted octanol–water partition coefficient (Wildman–Crippen LogP) is 3.68. The summed E-state index contributed by atoms with van der Waals surface area (Å²) in [6, 6.07) is 16.7. The summed E-state index contributed by atoms with van der Waals surface area (Å²) in [5, 5.41) is 23.3. The minimum atomic E-state index is -0.695. The molecular weight excluding hydrogens is 474 g/mol. The van der Waals surface area contributed by atoms with E-state index in [4.69, 9.17) is 10.5 Å². The van der Waals surface area contributed by atoms with Crippen molar-refractivity contribution in [1.29, 1.82) is 0 Å². The number of benzene rings is 2. The van der Waals surface area contributed by atoms with Gasteiger partial charge in [0, 0.05) is 37.7 Å². The molecule has 0 aromatic heterocycles. The van der Waals surface area contributed by atoms with Crippen molar-refractivity contribution in [3.05, 3.63) is 65.7 Å². The van der Waals surface area contributed by atoms with Crippen LogP contribution in [-0.4, -0.2) is 61.2 Å². The normalized spacial score (nSPS) is 12.5. The molecule has 0 fully saturated rings. The van der Waals surface area contributed by atoms with E-state index in [2.05, 4.69) is 27.3 Å². The van der Waals surface area contributed by atoms with E-state index in [-0.39, 0.29) is 30.9 Å². The molecule has 9 heteroatoms. The van der Waals surface area contributed by atoms with Gasteiger partial charge in [-0.25, -0.2) is 9.78 Å². The quantitative estimate of drug-likeness (QED) is 0.136. The highest BCUT2D eigenvalue weighted by Gasteiger charge is 2.24. The maximum atomic E-state index is 13.0. The van der Waals surface area contributed by atoms with Crippen molar-refractivity contribution < 1.29 is 29.9 Å². The maximum absolute atomic E-state index is 13.0. The number of nitrogens with zero attached hydrogens (tertiary/aromatic N) is 1. The number of anilines is 1. The minimum Gasteiger partial charge on any atom is -0.367 e. The van der Waals surface area contributed by atoms with Crippen LogP contribution >= 0.6 is 0 Å². The van der Waals surface area contributed by atoms with Crippen LogP contribution in [0.25, 0.3) is 0 Å². The smallest absolute Gasteiger partial charge is 0.242 e. The highest BCUT2D eigenvalue weighted by Crippen LogP contribution is 2.17. The summed E-state index contributed by atoms with van der Waals surface area (Å²) in [5.74, 6) is -0.633. The lowest BCUT2D eigenvalue weighted by atomic mass is 9.99. The van der Waals surface area contributed by atoms with E-state index < -0.39 is 6.04 Å². The van der Waals surface area contributed by atoms with Gasteiger partial charge in [0.25, 0.3) is 0 Å². The van der Waals surface area contributed by atoms with Gasteiger partial charge >= 0.3 is 0 Å². The first-order valence-corrected chi connectivity index (χ1v) is 13.0. The van der Waals surface area contributed by atoms with Gasteiger partial charge in [0.2, 0.25) is 11.8 Å². The van der Waals surface area contributed by atoms with Gasteiger partial charge in [-0.05, 0) is 36.1 Å². The molecule has 0 saturated carbocycles. The summed E-state index contributed by atoms with van der Waals surface area (Å²) < 4.78 is 0. The van der Waals surface area contributed by atoms with Crippen molar-refractivity contribution in [3.63, 3.8) is 0 Å². The van der Waals surface area contributed by atoms with E-state index in [9.17, 15) is 9.59 Å². The van der Waals surface area contributed by atoms with E-state index in [0.717, 1.165) is 36.1 Å². The third-order valence-electron chi connectivity index (χ3n) is 6.19. The summed E-state index contributed by atoms with van der Waals surface area (Å²) in [4.78, 5) is 36.3. The molecule has 2 amide bonds. The van der Waals surface area contributed by atoms with Crippen molar-refractivity contribution in [2.75, 3.05) is 37.7 Å². The first-order chi connectivity index (χ1) is 18.0. The second-order valence-electron chi connectivity index (χ2n) is 9.17. The maximum Gasteiger partial charge on any atom is 0.242 e. The largest absolute Gasteiger partial charge is 0.367 e. The fraction of sp³-hybridized carbons (Fsp3) is 0.500. The van der Waals surface area contributed by atoms with Crippen LogP contribution in [0.1, 0.15) is 44.2 Å². The zero-order valence-corrected chi connectivity index (χ0v) is 21.9. The lowest BCUT2D eigenvalue weighted by molar-refractivity contribution is -0.243. The zero-order valence-electron chi connectivity index (χ0n) is 21.9. The van der Waals surface area contributed by atoms with Gasteiger partial charge in [-0.1, -0.05) is 69.2 Å². The molecule has 2 aromatic carbocycles. The molecule has 0 aliphatic rings. The van der Waals surface area contributed by atoms with Gasteiger partial charge in [-0.15, -0.1) is 0 Å². The Morgan fingerprint density at radius 2 is 1.49 bits per heavy atom. The highest BCUT2D eigenvalue weighted by molar-refractivity contribution is 5.88.